The zero-order valence-corrected chi connectivity index (χ0v) is 12.5. The van der Waals surface area contributed by atoms with E-state index in [1.807, 2.05) is 0 Å². The molecule has 98 valence electrons. The van der Waals surface area contributed by atoms with Crippen molar-refractivity contribution in [3.05, 3.63) is 28.2 Å². The fourth-order valence-corrected chi connectivity index (χ4v) is 3.75. The largest absolute Gasteiger partial charge is 0.382 e. The molecule has 0 bridgehead atoms. The molecule has 0 atom stereocenters. The minimum absolute atomic E-state index is 0.658. The summed E-state index contributed by atoms with van der Waals surface area (Å²) >= 11 is 3.60. The number of rotatable bonds is 2. The molecule has 0 amide bonds. The van der Waals surface area contributed by atoms with Gasteiger partial charge in [0.05, 0.1) is 0 Å². The summed E-state index contributed by atoms with van der Waals surface area (Å²) in [4.78, 5) is 0. The van der Waals surface area contributed by atoms with Gasteiger partial charge in [-0.15, -0.1) is 0 Å². The molecule has 2 N–H and O–H groups in total. The maximum absolute atomic E-state index is 3.67. The van der Waals surface area contributed by atoms with Crippen LogP contribution in [0.25, 0.3) is 0 Å². The van der Waals surface area contributed by atoms with Gasteiger partial charge in [0.1, 0.15) is 0 Å². The second-order valence-corrected chi connectivity index (χ2v) is 6.82. The maximum Gasteiger partial charge on any atom is 0.0353 e. The SMILES string of the molecule is Cc1ccc(NC2CC3(CCNCC3)C2)cc1Br. The number of aryl methyl sites for hydroxylation is 1. The van der Waals surface area contributed by atoms with Gasteiger partial charge < -0.3 is 10.6 Å². The van der Waals surface area contributed by atoms with Gasteiger partial charge >= 0.3 is 0 Å². The predicted octanol–water partition coefficient (Wildman–Crippen LogP) is 3.70. The Morgan fingerprint density at radius 3 is 2.67 bits per heavy atom. The Morgan fingerprint density at radius 2 is 2.00 bits per heavy atom. The third-order valence-corrected chi connectivity index (χ3v) is 5.42. The molecule has 1 saturated carbocycles. The average Bonchev–Trinajstić information content (AvgIpc) is 2.33. The van der Waals surface area contributed by atoms with Gasteiger partial charge in [-0.3, -0.25) is 0 Å². The van der Waals surface area contributed by atoms with Gasteiger partial charge in [-0.25, -0.2) is 0 Å². The molecule has 3 heteroatoms. The first-order valence-electron chi connectivity index (χ1n) is 6.90. The van der Waals surface area contributed by atoms with Gasteiger partial charge in [-0.1, -0.05) is 22.0 Å². The highest BCUT2D eigenvalue weighted by molar-refractivity contribution is 9.10. The zero-order chi connectivity index (χ0) is 12.6. The topological polar surface area (TPSA) is 24.1 Å². The van der Waals surface area contributed by atoms with Gasteiger partial charge in [0.25, 0.3) is 0 Å². The van der Waals surface area contributed by atoms with E-state index < -0.39 is 0 Å². The molecule has 18 heavy (non-hydrogen) atoms. The lowest BCUT2D eigenvalue weighted by molar-refractivity contribution is 0.0718. The molecule has 1 aliphatic carbocycles. The fraction of sp³-hybridized carbons (Fsp3) is 0.600. The van der Waals surface area contributed by atoms with E-state index in [-0.39, 0.29) is 0 Å². The number of halogens is 1. The van der Waals surface area contributed by atoms with Gasteiger partial charge in [-0.2, -0.15) is 0 Å². The van der Waals surface area contributed by atoms with Gasteiger partial charge in [0.15, 0.2) is 0 Å². The predicted molar refractivity (Wildman–Crippen MR) is 80.1 cm³/mol. The Kier molecular flexibility index (Phi) is 3.37. The molecule has 2 nitrogen and oxygen atoms in total. The Balaban J connectivity index is 1.57. The van der Waals surface area contributed by atoms with Crippen molar-refractivity contribution >= 4 is 21.6 Å². The number of nitrogens with one attached hydrogen (secondary N) is 2. The van der Waals surface area contributed by atoms with E-state index in [0.29, 0.717) is 11.5 Å². The fourth-order valence-electron chi connectivity index (χ4n) is 3.37. The van der Waals surface area contributed by atoms with Crippen LogP contribution in [-0.4, -0.2) is 19.1 Å². The van der Waals surface area contributed by atoms with Crippen molar-refractivity contribution < 1.29 is 0 Å². The molecule has 1 aliphatic heterocycles. The van der Waals surface area contributed by atoms with Crippen LogP contribution in [0.4, 0.5) is 5.69 Å². The molecule has 1 saturated heterocycles. The highest BCUT2D eigenvalue weighted by atomic mass is 79.9. The first kappa shape index (κ1) is 12.5. The number of hydrogen-bond donors (Lipinski definition) is 2. The van der Waals surface area contributed by atoms with Crippen LogP contribution in [0.5, 0.6) is 0 Å². The van der Waals surface area contributed by atoms with Crippen LogP contribution in [0.1, 0.15) is 31.2 Å². The minimum atomic E-state index is 0.658. The highest BCUT2D eigenvalue weighted by Crippen LogP contribution is 2.48. The van der Waals surface area contributed by atoms with Crippen molar-refractivity contribution in [3.63, 3.8) is 0 Å². The van der Waals surface area contributed by atoms with Crippen molar-refractivity contribution in [3.8, 4) is 0 Å². The van der Waals surface area contributed by atoms with Crippen molar-refractivity contribution in [1.29, 1.82) is 0 Å². The minimum Gasteiger partial charge on any atom is -0.382 e. The molecule has 0 aromatic heterocycles. The lowest BCUT2D eigenvalue weighted by atomic mass is 9.60. The summed E-state index contributed by atoms with van der Waals surface area (Å²) < 4.78 is 1.20. The Bertz CT molecular complexity index is 430. The molecule has 1 aromatic rings. The van der Waals surface area contributed by atoms with Crippen LogP contribution in [0.15, 0.2) is 22.7 Å². The molecular weight excluding hydrogens is 288 g/mol. The van der Waals surface area contributed by atoms with E-state index in [4.69, 9.17) is 0 Å². The van der Waals surface area contributed by atoms with Crippen LogP contribution in [-0.2, 0) is 0 Å². The van der Waals surface area contributed by atoms with Crippen molar-refractivity contribution in [2.24, 2.45) is 5.41 Å². The van der Waals surface area contributed by atoms with Gasteiger partial charge in [0, 0.05) is 16.2 Å². The van der Waals surface area contributed by atoms with Gasteiger partial charge in [-0.05, 0) is 68.8 Å². The molecular formula is C15H21BrN2. The summed E-state index contributed by atoms with van der Waals surface area (Å²) in [6, 6.07) is 7.24. The second kappa shape index (κ2) is 4.86. The normalized spacial score (nSPS) is 22.8. The Morgan fingerprint density at radius 1 is 1.28 bits per heavy atom. The van der Waals surface area contributed by atoms with Crippen molar-refractivity contribution in [2.45, 2.75) is 38.6 Å². The third kappa shape index (κ3) is 2.43. The van der Waals surface area contributed by atoms with Gasteiger partial charge in [0.2, 0.25) is 0 Å². The molecule has 0 unspecified atom stereocenters. The number of hydrogen-bond acceptors (Lipinski definition) is 2. The molecule has 2 aliphatic rings. The summed E-state index contributed by atoms with van der Waals surface area (Å²) in [5.41, 5.74) is 3.20. The third-order valence-electron chi connectivity index (χ3n) is 4.57. The van der Waals surface area contributed by atoms with E-state index >= 15 is 0 Å². The molecule has 1 aromatic carbocycles. The first-order valence-corrected chi connectivity index (χ1v) is 7.70. The van der Waals surface area contributed by atoms with E-state index in [9.17, 15) is 0 Å². The van der Waals surface area contributed by atoms with Crippen LogP contribution < -0.4 is 10.6 Å². The average molecular weight is 309 g/mol. The molecule has 2 fully saturated rings. The van der Waals surface area contributed by atoms with Crippen LogP contribution in [0.2, 0.25) is 0 Å². The standard InChI is InChI=1S/C15H21BrN2/c1-11-2-3-12(8-14(11)16)18-13-9-15(10-13)4-6-17-7-5-15/h2-3,8,13,17-18H,4-7,9-10H2,1H3. The molecule has 1 heterocycles. The van der Waals surface area contributed by atoms with E-state index in [0.717, 1.165) is 0 Å². The van der Waals surface area contributed by atoms with Crippen molar-refractivity contribution in [1.82, 2.24) is 5.32 Å². The van der Waals surface area contributed by atoms with Crippen molar-refractivity contribution in [2.75, 3.05) is 18.4 Å². The summed E-state index contributed by atoms with van der Waals surface area (Å²) in [7, 11) is 0. The van der Waals surface area contributed by atoms with Crippen LogP contribution >= 0.6 is 15.9 Å². The summed E-state index contributed by atoms with van der Waals surface area (Å²) in [5.74, 6) is 0. The lowest BCUT2D eigenvalue weighted by Gasteiger charge is -2.50. The first-order chi connectivity index (χ1) is 8.67. The summed E-state index contributed by atoms with van der Waals surface area (Å²) in [6.45, 7) is 4.55. The number of anilines is 1. The smallest absolute Gasteiger partial charge is 0.0353 e. The highest BCUT2D eigenvalue weighted by Gasteiger charge is 2.44. The van der Waals surface area contributed by atoms with E-state index in [1.54, 1.807) is 0 Å². The molecule has 1 spiro atoms. The number of piperidine rings is 1. The monoisotopic (exact) mass is 308 g/mol. The Hall–Kier alpha value is -0.540. The van der Waals surface area contributed by atoms with E-state index in [2.05, 4.69) is 51.7 Å². The lowest BCUT2D eigenvalue weighted by Crippen LogP contribution is -2.50. The Labute approximate surface area is 118 Å². The quantitative estimate of drug-likeness (QED) is 0.870. The second-order valence-electron chi connectivity index (χ2n) is 5.96. The van der Waals surface area contributed by atoms with Crippen LogP contribution in [0.3, 0.4) is 0 Å². The van der Waals surface area contributed by atoms with Crippen LogP contribution in [0, 0.1) is 12.3 Å². The van der Waals surface area contributed by atoms with E-state index in [1.165, 1.54) is 54.5 Å². The zero-order valence-electron chi connectivity index (χ0n) is 10.9. The summed E-state index contributed by atoms with van der Waals surface area (Å²) in [5, 5.41) is 7.13. The molecule has 0 radical (unpaired) electrons. The summed E-state index contributed by atoms with van der Waals surface area (Å²) in [6.07, 6.45) is 5.42. The number of benzene rings is 1. The maximum atomic E-state index is 3.67. The molecule has 3 rings (SSSR count).